The number of hydrogen-bond donors (Lipinski definition) is 9. The van der Waals surface area contributed by atoms with Crippen LogP contribution in [0.2, 0.25) is 0 Å². The molecule has 0 aliphatic heterocycles. The number of guanidine groups is 1. The highest BCUT2D eigenvalue weighted by atomic mass is 32.2. The van der Waals surface area contributed by atoms with Crippen LogP contribution in [0.4, 0.5) is 0 Å². The van der Waals surface area contributed by atoms with Gasteiger partial charge in [-0.1, -0.05) is 12.1 Å². The van der Waals surface area contributed by atoms with Gasteiger partial charge in [0.1, 0.15) is 23.9 Å². The van der Waals surface area contributed by atoms with Crippen molar-refractivity contribution >= 4 is 54.0 Å². The summed E-state index contributed by atoms with van der Waals surface area (Å²) in [5.41, 5.74) is 16.9. The normalized spacial score (nSPS) is 13.9. The van der Waals surface area contributed by atoms with Crippen LogP contribution in [0.25, 0.3) is 0 Å². The number of phenols is 1. The van der Waals surface area contributed by atoms with Crippen LogP contribution in [0.5, 0.6) is 5.75 Å². The number of carboxylic acids is 1. The highest BCUT2D eigenvalue weighted by molar-refractivity contribution is 7.98. The van der Waals surface area contributed by atoms with E-state index in [4.69, 9.17) is 17.2 Å². The molecule has 0 saturated heterocycles. The zero-order valence-corrected chi connectivity index (χ0v) is 22.8. The fourth-order valence-electron chi connectivity index (χ4n) is 3.25. The van der Waals surface area contributed by atoms with E-state index >= 15 is 0 Å². The molecule has 0 saturated carbocycles. The Hall–Kier alpha value is -3.17. The third-order valence-electron chi connectivity index (χ3n) is 5.35. The van der Waals surface area contributed by atoms with E-state index in [0.29, 0.717) is 17.7 Å². The number of nitrogens with zero attached hydrogens (tertiary/aromatic N) is 1. The average Bonchev–Trinajstić information content (AvgIpc) is 2.87. The fraction of sp³-hybridized carbons (Fsp3) is 0.522. The molecule has 0 aliphatic carbocycles. The lowest BCUT2D eigenvalue weighted by Crippen LogP contribution is -2.58. The number of carbonyl (C=O) groups is 4. The molecule has 0 aromatic heterocycles. The van der Waals surface area contributed by atoms with Crippen molar-refractivity contribution in [2.45, 2.75) is 49.9 Å². The van der Waals surface area contributed by atoms with Gasteiger partial charge in [-0.15, -0.1) is 0 Å². The van der Waals surface area contributed by atoms with Crippen LogP contribution in [-0.4, -0.2) is 88.3 Å². The van der Waals surface area contributed by atoms with Crippen LogP contribution >= 0.6 is 24.4 Å². The largest absolute Gasteiger partial charge is 0.508 e. The van der Waals surface area contributed by atoms with Crippen molar-refractivity contribution in [3.8, 4) is 5.75 Å². The lowest BCUT2D eigenvalue weighted by Gasteiger charge is -2.25. The number of nitrogens with one attached hydrogen (secondary N) is 3. The second kappa shape index (κ2) is 17.4. The second-order valence-corrected chi connectivity index (χ2v) is 9.76. The first-order valence-electron chi connectivity index (χ1n) is 11.8. The number of benzene rings is 1. The van der Waals surface area contributed by atoms with Gasteiger partial charge < -0.3 is 43.4 Å². The number of phenolic OH excluding ortho intramolecular Hbond substituents is 1. The zero-order chi connectivity index (χ0) is 28.7. The van der Waals surface area contributed by atoms with E-state index in [1.165, 1.54) is 23.9 Å². The summed E-state index contributed by atoms with van der Waals surface area (Å²) in [6, 6.07) is 1.66. The molecule has 4 unspecified atom stereocenters. The first-order chi connectivity index (χ1) is 18.0. The van der Waals surface area contributed by atoms with Crippen LogP contribution in [0.1, 0.15) is 24.8 Å². The maximum absolute atomic E-state index is 13.2. The first kappa shape index (κ1) is 32.9. The monoisotopic (exact) mass is 571 g/mol. The minimum Gasteiger partial charge on any atom is -0.508 e. The number of nitrogens with two attached hydrogens (primary N) is 3. The third-order valence-corrected chi connectivity index (χ3v) is 6.38. The Labute approximate surface area is 231 Å². The van der Waals surface area contributed by atoms with Crippen molar-refractivity contribution in [1.29, 1.82) is 0 Å². The molecule has 13 nitrogen and oxygen atoms in total. The van der Waals surface area contributed by atoms with Crippen LogP contribution < -0.4 is 33.2 Å². The minimum atomic E-state index is -1.26. The number of carbonyl (C=O) groups excluding carboxylic acids is 3. The van der Waals surface area contributed by atoms with E-state index in [0.717, 1.165) is 0 Å². The lowest BCUT2D eigenvalue weighted by molar-refractivity contribution is -0.142. The van der Waals surface area contributed by atoms with E-state index in [-0.39, 0.29) is 43.3 Å². The highest BCUT2D eigenvalue weighted by Crippen LogP contribution is 2.12. The Kier molecular flexibility index (Phi) is 15.0. The zero-order valence-electron chi connectivity index (χ0n) is 21.1. The smallest absolute Gasteiger partial charge is 0.326 e. The van der Waals surface area contributed by atoms with E-state index < -0.39 is 47.9 Å². The van der Waals surface area contributed by atoms with Gasteiger partial charge in [-0.3, -0.25) is 19.4 Å². The van der Waals surface area contributed by atoms with Gasteiger partial charge in [0.05, 0.1) is 6.04 Å². The predicted molar refractivity (Wildman–Crippen MR) is 150 cm³/mol. The summed E-state index contributed by atoms with van der Waals surface area (Å²) in [7, 11) is 0. The summed E-state index contributed by atoms with van der Waals surface area (Å²) in [6.07, 6.45) is 2.45. The van der Waals surface area contributed by atoms with E-state index in [2.05, 4.69) is 33.6 Å². The van der Waals surface area contributed by atoms with Gasteiger partial charge in [0.25, 0.3) is 0 Å². The molecule has 4 atom stereocenters. The summed E-state index contributed by atoms with van der Waals surface area (Å²) in [5.74, 6) is -2.67. The Morgan fingerprint density at radius 1 is 0.974 bits per heavy atom. The summed E-state index contributed by atoms with van der Waals surface area (Å²) >= 11 is 5.47. The van der Waals surface area contributed by atoms with E-state index in [1.54, 1.807) is 12.1 Å². The molecule has 3 amide bonds. The standard InChI is InChI=1S/C23H37N7O6S2/c1-38-10-8-16(28-19(32)15(24)12-37)20(33)30-18(11-13-4-6-14(31)7-5-13)21(34)29-17(22(35)36)3-2-9-27-23(25)26/h4-7,15-18,31,37H,2-3,8-12,24H2,1H3,(H,28,32)(H,29,34)(H,30,33)(H,35,36)(H4,25,26,27). The molecule has 0 spiro atoms. The summed E-state index contributed by atoms with van der Waals surface area (Å²) in [6.45, 7) is 0.181. The molecule has 0 radical (unpaired) electrons. The molecule has 1 rings (SSSR count). The highest BCUT2D eigenvalue weighted by Gasteiger charge is 2.30. The molecular weight excluding hydrogens is 534 g/mol. The second-order valence-electron chi connectivity index (χ2n) is 8.41. The maximum Gasteiger partial charge on any atom is 0.326 e. The van der Waals surface area contributed by atoms with Crippen LogP contribution in [0.15, 0.2) is 29.3 Å². The van der Waals surface area contributed by atoms with Crippen LogP contribution in [-0.2, 0) is 25.6 Å². The first-order valence-corrected chi connectivity index (χ1v) is 13.8. The van der Waals surface area contributed by atoms with Gasteiger partial charge in [-0.2, -0.15) is 24.4 Å². The number of rotatable bonds is 17. The SMILES string of the molecule is CSCCC(NC(=O)C(N)CS)C(=O)NC(Cc1ccc(O)cc1)C(=O)NC(CCCN=C(N)N)C(=O)O. The van der Waals surface area contributed by atoms with Crippen molar-refractivity contribution < 1.29 is 29.4 Å². The fourth-order valence-corrected chi connectivity index (χ4v) is 3.89. The molecule has 212 valence electrons. The Morgan fingerprint density at radius 3 is 2.11 bits per heavy atom. The van der Waals surface area contributed by atoms with E-state index in [1.807, 2.05) is 6.26 Å². The number of aliphatic carboxylic acids is 1. The van der Waals surface area contributed by atoms with Crippen molar-refractivity contribution in [3.05, 3.63) is 29.8 Å². The van der Waals surface area contributed by atoms with Gasteiger partial charge in [-0.05, 0) is 49.0 Å². The van der Waals surface area contributed by atoms with Crippen molar-refractivity contribution in [2.75, 3.05) is 24.3 Å². The van der Waals surface area contributed by atoms with Gasteiger partial charge in [-0.25, -0.2) is 4.79 Å². The number of hydrogen-bond acceptors (Lipinski definition) is 9. The molecule has 0 heterocycles. The summed E-state index contributed by atoms with van der Waals surface area (Å²) in [5, 5.41) is 26.8. The van der Waals surface area contributed by atoms with Gasteiger partial charge in [0, 0.05) is 18.7 Å². The number of carboxylic acid groups (broad SMARTS) is 1. The number of amides is 3. The van der Waals surface area contributed by atoms with Gasteiger partial charge in [0.15, 0.2) is 5.96 Å². The van der Waals surface area contributed by atoms with Gasteiger partial charge >= 0.3 is 5.97 Å². The van der Waals surface area contributed by atoms with E-state index in [9.17, 15) is 29.4 Å². The molecular formula is C23H37N7O6S2. The summed E-state index contributed by atoms with van der Waals surface area (Å²) in [4.78, 5) is 54.2. The molecule has 15 heteroatoms. The van der Waals surface area contributed by atoms with Crippen molar-refractivity contribution in [1.82, 2.24) is 16.0 Å². The third kappa shape index (κ3) is 12.4. The molecule has 11 N–H and O–H groups in total. The topological polar surface area (TPSA) is 235 Å². The molecule has 1 aromatic rings. The van der Waals surface area contributed by atoms with Gasteiger partial charge in [0.2, 0.25) is 17.7 Å². The number of aromatic hydroxyl groups is 1. The van der Waals surface area contributed by atoms with Crippen LogP contribution in [0, 0.1) is 0 Å². The molecule has 1 aromatic carbocycles. The quantitative estimate of drug-likeness (QED) is 0.0456. The number of aliphatic imine (C=N–C) groups is 1. The molecule has 0 bridgehead atoms. The van der Waals surface area contributed by atoms with Crippen LogP contribution in [0.3, 0.4) is 0 Å². The minimum absolute atomic E-state index is 0.00244. The maximum atomic E-state index is 13.2. The predicted octanol–water partition coefficient (Wildman–Crippen LogP) is -1.46. The number of thioether (sulfide) groups is 1. The number of thiol groups is 1. The Morgan fingerprint density at radius 2 is 1.55 bits per heavy atom. The molecule has 38 heavy (non-hydrogen) atoms. The Balaban J connectivity index is 3.10. The lowest BCUT2D eigenvalue weighted by atomic mass is 10.0. The summed E-state index contributed by atoms with van der Waals surface area (Å²) < 4.78 is 0. The Bertz CT molecular complexity index is 960. The van der Waals surface area contributed by atoms with Crippen molar-refractivity contribution in [2.24, 2.45) is 22.2 Å². The molecule has 0 fully saturated rings. The molecule has 0 aliphatic rings. The average molecular weight is 572 g/mol. The van der Waals surface area contributed by atoms with Crippen molar-refractivity contribution in [3.63, 3.8) is 0 Å².